The molecule has 0 amide bonds. The van der Waals surface area contributed by atoms with Crippen LogP contribution in [0.4, 0.5) is 0 Å². The molecule has 0 aliphatic heterocycles. The number of nitrogens with zero attached hydrogens (tertiary/aromatic N) is 1. The van der Waals surface area contributed by atoms with Gasteiger partial charge >= 0.3 is 0 Å². The molecule has 0 N–H and O–H groups in total. The number of benzene rings is 1. The Morgan fingerprint density at radius 1 is 1.11 bits per heavy atom. The Morgan fingerprint density at radius 3 is 2.16 bits per heavy atom. The number of ether oxygens (including phenoxy) is 1. The van der Waals surface area contributed by atoms with Crippen LogP contribution in [0, 0.1) is 17.2 Å². The summed E-state index contributed by atoms with van der Waals surface area (Å²) in [5, 5.41) is 8.79. The first kappa shape index (κ1) is 15.7. The molecule has 1 aliphatic carbocycles. The van der Waals surface area contributed by atoms with E-state index in [4.69, 9.17) is 10.00 Å². The van der Waals surface area contributed by atoms with Crippen LogP contribution in [-0.4, -0.2) is 7.11 Å². The second-order valence-corrected chi connectivity index (χ2v) is 4.79. The fourth-order valence-corrected chi connectivity index (χ4v) is 2.78. The highest BCUT2D eigenvalue weighted by Crippen LogP contribution is 2.36. The predicted molar refractivity (Wildman–Crippen MR) is 78.8 cm³/mol. The molecule has 0 bridgehead atoms. The molecule has 1 aromatic rings. The molecule has 1 unspecified atom stereocenters. The lowest BCUT2D eigenvalue weighted by molar-refractivity contribution is 0.0354. The van der Waals surface area contributed by atoms with Gasteiger partial charge in [0.25, 0.3) is 0 Å². The third-order valence-corrected chi connectivity index (χ3v) is 3.70. The molecule has 1 aliphatic rings. The Kier molecular flexibility index (Phi) is 7.22. The van der Waals surface area contributed by atoms with Crippen LogP contribution < -0.4 is 0 Å². The second-order valence-electron chi connectivity index (χ2n) is 4.79. The number of hydrogen-bond acceptors (Lipinski definition) is 2. The van der Waals surface area contributed by atoms with Gasteiger partial charge in [-0.1, -0.05) is 45.2 Å². The summed E-state index contributed by atoms with van der Waals surface area (Å²) in [5.74, 6) is 0.640. The topological polar surface area (TPSA) is 33.0 Å². The molecule has 0 radical (unpaired) electrons. The summed E-state index contributed by atoms with van der Waals surface area (Å²) in [5.41, 5.74) is 1.92. The van der Waals surface area contributed by atoms with Crippen molar-refractivity contribution in [3.8, 4) is 6.07 Å². The smallest absolute Gasteiger partial charge is 0.0991 e. The van der Waals surface area contributed by atoms with Crippen LogP contribution in [0.25, 0.3) is 0 Å². The van der Waals surface area contributed by atoms with Crippen LogP contribution in [0.2, 0.25) is 0 Å². The molecule has 0 aromatic heterocycles. The van der Waals surface area contributed by atoms with Crippen LogP contribution in [0.5, 0.6) is 0 Å². The molecule has 104 valence electrons. The van der Waals surface area contributed by atoms with Gasteiger partial charge in [-0.2, -0.15) is 5.26 Å². The highest BCUT2D eigenvalue weighted by atomic mass is 16.5. The summed E-state index contributed by atoms with van der Waals surface area (Å²) in [6.07, 6.45) is 6.72. The summed E-state index contributed by atoms with van der Waals surface area (Å²) < 4.78 is 5.67. The molecule has 2 nitrogen and oxygen atoms in total. The second kappa shape index (κ2) is 8.72. The molecular formula is C17H25NO. The zero-order chi connectivity index (χ0) is 14.1. The van der Waals surface area contributed by atoms with Gasteiger partial charge in [-0.05, 0) is 36.5 Å². The summed E-state index contributed by atoms with van der Waals surface area (Å²) in [6.45, 7) is 4.00. The average Bonchev–Trinajstić information content (AvgIpc) is 2.52. The standard InChI is InChI=1S/C15H19NO.C2H6/c1-17-15(13-5-3-2-4-6-13)14-9-7-12(11-16)8-10-14;1-2/h7-10,13,15H,2-6H2,1H3;1-2H3. The van der Waals surface area contributed by atoms with Gasteiger partial charge < -0.3 is 4.74 Å². The fraction of sp³-hybridized carbons (Fsp3) is 0.588. The molecule has 1 saturated carbocycles. The van der Waals surface area contributed by atoms with Gasteiger partial charge in [0.2, 0.25) is 0 Å². The number of rotatable bonds is 3. The molecule has 1 fully saturated rings. The van der Waals surface area contributed by atoms with E-state index in [1.54, 1.807) is 7.11 Å². The van der Waals surface area contributed by atoms with E-state index in [2.05, 4.69) is 6.07 Å². The maximum absolute atomic E-state index is 8.79. The highest BCUT2D eigenvalue weighted by molar-refractivity contribution is 5.32. The lowest BCUT2D eigenvalue weighted by atomic mass is 9.82. The first-order valence-corrected chi connectivity index (χ1v) is 7.38. The molecule has 0 heterocycles. The van der Waals surface area contributed by atoms with Crippen molar-refractivity contribution in [2.75, 3.05) is 7.11 Å². The zero-order valence-corrected chi connectivity index (χ0v) is 12.4. The molecule has 1 atom stereocenters. The molecule has 1 aromatic carbocycles. The lowest BCUT2D eigenvalue weighted by Crippen LogP contribution is -2.17. The van der Waals surface area contributed by atoms with Crippen molar-refractivity contribution in [1.29, 1.82) is 5.26 Å². The Labute approximate surface area is 117 Å². The molecule has 0 spiro atoms. The molecule has 2 heteroatoms. The van der Waals surface area contributed by atoms with E-state index in [0.717, 1.165) is 0 Å². The minimum Gasteiger partial charge on any atom is -0.376 e. The van der Waals surface area contributed by atoms with Gasteiger partial charge in [0.15, 0.2) is 0 Å². The van der Waals surface area contributed by atoms with Crippen molar-refractivity contribution in [2.24, 2.45) is 5.92 Å². The van der Waals surface area contributed by atoms with Crippen LogP contribution in [0.15, 0.2) is 24.3 Å². The van der Waals surface area contributed by atoms with Crippen molar-refractivity contribution < 1.29 is 4.74 Å². The number of nitriles is 1. The van der Waals surface area contributed by atoms with Gasteiger partial charge in [0, 0.05) is 7.11 Å². The highest BCUT2D eigenvalue weighted by Gasteiger charge is 2.24. The number of hydrogen-bond donors (Lipinski definition) is 0. The SMILES string of the molecule is CC.COC(c1ccc(C#N)cc1)C1CCCCC1. The van der Waals surface area contributed by atoms with E-state index >= 15 is 0 Å². The van der Waals surface area contributed by atoms with E-state index < -0.39 is 0 Å². The normalized spacial score (nSPS) is 16.9. The monoisotopic (exact) mass is 259 g/mol. The van der Waals surface area contributed by atoms with Gasteiger partial charge in [-0.3, -0.25) is 0 Å². The van der Waals surface area contributed by atoms with Gasteiger partial charge in [0.05, 0.1) is 17.7 Å². The zero-order valence-electron chi connectivity index (χ0n) is 12.4. The first-order valence-electron chi connectivity index (χ1n) is 7.38. The maximum Gasteiger partial charge on any atom is 0.0991 e. The van der Waals surface area contributed by atoms with E-state index in [0.29, 0.717) is 11.5 Å². The van der Waals surface area contributed by atoms with E-state index in [1.165, 1.54) is 37.7 Å². The van der Waals surface area contributed by atoms with Crippen molar-refractivity contribution in [3.63, 3.8) is 0 Å². The largest absolute Gasteiger partial charge is 0.376 e. The van der Waals surface area contributed by atoms with E-state index in [9.17, 15) is 0 Å². The van der Waals surface area contributed by atoms with Crippen molar-refractivity contribution >= 4 is 0 Å². The van der Waals surface area contributed by atoms with Gasteiger partial charge in [-0.15, -0.1) is 0 Å². The van der Waals surface area contributed by atoms with E-state index in [1.807, 2.05) is 38.1 Å². The fourth-order valence-electron chi connectivity index (χ4n) is 2.78. The average molecular weight is 259 g/mol. The molecule has 2 rings (SSSR count). The Morgan fingerprint density at radius 2 is 1.68 bits per heavy atom. The van der Waals surface area contributed by atoms with Crippen molar-refractivity contribution in [3.05, 3.63) is 35.4 Å². The third kappa shape index (κ3) is 4.36. The summed E-state index contributed by atoms with van der Waals surface area (Å²) in [4.78, 5) is 0. The summed E-state index contributed by atoms with van der Waals surface area (Å²) >= 11 is 0. The first-order chi connectivity index (χ1) is 9.35. The van der Waals surface area contributed by atoms with Gasteiger partial charge in [-0.25, -0.2) is 0 Å². The van der Waals surface area contributed by atoms with Crippen LogP contribution in [0.1, 0.15) is 63.2 Å². The molecule has 19 heavy (non-hydrogen) atoms. The molecule has 0 saturated heterocycles. The van der Waals surface area contributed by atoms with Crippen LogP contribution in [0.3, 0.4) is 0 Å². The Bertz CT molecular complexity index is 385. The Hall–Kier alpha value is -1.33. The van der Waals surface area contributed by atoms with Crippen molar-refractivity contribution in [1.82, 2.24) is 0 Å². The maximum atomic E-state index is 8.79. The number of methoxy groups -OCH3 is 1. The minimum atomic E-state index is 0.197. The van der Waals surface area contributed by atoms with Crippen molar-refractivity contribution in [2.45, 2.75) is 52.1 Å². The quantitative estimate of drug-likeness (QED) is 0.777. The van der Waals surface area contributed by atoms with Crippen LogP contribution in [-0.2, 0) is 4.74 Å². The lowest BCUT2D eigenvalue weighted by Gasteiger charge is -2.29. The van der Waals surface area contributed by atoms with Crippen LogP contribution >= 0.6 is 0 Å². The predicted octanol–water partition coefficient (Wildman–Crippen LogP) is 4.85. The third-order valence-electron chi connectivity index (χ3n) is 3.70. The summed E-state index contributed by atoms with van der Waals surface area (Å²) in [6, 6.07) is 9.97. The summed E-state index contributed by atoms with van der Waals surface area (Å²) in [7, 11) is 1.79. The molecular weight excluding hydrogens is 234 g/mol. The van der Waals surface area contributed by atoms with E-state index in [-0.39, 0.29) is 6.10 Å². The Balaban J connectivity index is 0.000000861. The minimum absolute atomic E-state index is 0.197. The van der Waals surface area contributed by atoms with Gasteiger partial charge in [0.1, 0.15) is 0 Å².